The lowest BCUT2D eigenvalue weighted by Gasteiger charge is -2.20. The molecule has 1 fully saturated rings. The quantitative estimate of drug-likeness (QED) is 0.639. The highest BCUT2D eigenvalue weighted by atomic mass is 79.9. The van der Waals surface area contributed by atoms with Crippen LogP contribution in [-0.4, -0.2) is 0 Å². The van der Waals surface area contributed by atoms with Crippen molar-refractivity contribution in [3.63, 3.8) is 0 Å². The topological polar surface area (TPSA) is 0 Å². The van der Waals surface area contributed by atoms with Gasteiger partial charge in [-0.2, -0.15) is 0 Å². The van der Waals surface area contributed by atoms with E-state index in [1.54, 1.807) is 0 Å². The second-order valence-electron chi connectivity index (χ2n) is 3.23. The minimum atomic E-state index is 0.931. The fourth-order valence-corrected chi connectivity index (χ4v) is 2.16. The smallest absolute Gasteiger partial charge is 0.0118 e. The zero-order valence-corrected chi connectivity index (χ0v) is 7.99. The zero-order valence-electron chi connectivity index (χ0n) is 6.41. The van der Waals surface area contributed by atoms with Crippen LogP contribution in [0.25, 0.3) is 0 Å². The number of halogens is 1. The molecule has 0 bridgehead atoms. The maximum atomic E-state index is 3.87. The van der Waals surface area contributed by atoms with E-state index < -0.39 is 0 Å². The van der Waals surface area contributed by atoms with Crippen molar-refractivity contribution in [1.29, 1.82) is 0 Å². The molecule has 0 spiro atoms. The molecule has 0 aromatic heterocycles. The van der Waals surface area contributed by atoms with Crippen molar-refractivity contribution >= 4 is 15.9 Å². The van der Waals surface area contributed by atoms with E-state index in [4.69, 9.17) is 0 Å². The summed E-state index contributed by atoms with van der Waals surface area (Å²) in [4.78, 5) is 0. The molecule has 0 aliphatic heterocycles. The van der Waals surface area contributed by atoms with Gasteiger partial charge in [-0.3, -0.25) is 0 Å². The summed E-state index contributed by atoms with van der Waals surface area (Å²) in [7, 11) is 0. The van der Waals surface area contributed by atoms with E-state index in [0.29, 0.717) is 0 Å². The predicted octanol–water partition coefficient (Wildman–Crippen LogP) is 3.87. The SMILES string of the molecule is C=C(Br)CC1CCCCC1. The summed E-state index contributed by atoms with van der Waals surface area (Å²) < 4.78 is 1.18. The molecule has 1 aliphatic carbocycles. The van der Waals surface area contributed by atoms with Gasteiger partial charge in [-0.1, -0.05) is 54.6 Å². The van der Waals surface area contributed by atoms with Gasteiger partial charge < -0.3 is 0 Å². The van der Waals surface area contributed by atoms with Crippen LogP contribution in [0.1, 0.15) is 38.5 Å². The van der Waals surface area contributed by atoms with E-state index in [2.05, 4.69) is 22.5 Å². The van der Waals surface area contributed by atoms with E-state index in [-0.39, 0.29) is 0 Å². The molecular formula is C9H15Br. The van der Waals surface area contributed by atoms with E-state index >= 15 is 0 Å². The Balaban J connectivity index is 2.19. The van der Waals surface area contributed by atoms with E-state index in [1.165, 1.54) is 43.0 Å². The summed E-state index contributed by atoms with van der Waals surface area (Å²) in [5.74, 6) is 0.931. The highest BCUT2D eigenvalue weighted by molar-refractivity contribution is 9.11. The largest absolute Gasteiger partial charge is 0.0889 e. The van der Waals surface area contributed by atoms with Gasteiger partial charge in [0, 0.05) is 0 Å². The van der Waals surface area contributed by atoms with Gasteiger partial charge in [0.05, 0.1) is 0 Å². The Hall–Kier alpha value is 0.220. The number of hydrogen-bond donors (Lipinski definition) is 0. The van der Waals surface area contributed by atoms with Crippen molar-refractivity contribution in [1.82, 2.24) is 0 Å². The van der Waals surface area contributed by atoms with Gasteiger partial charge in [0.2, 0.25) is 0 Å². The Morgan fingerprint density at radius 2 is 1.90 bits per heavy atom. The lowest BCUT2D eigenvalue weighted by atomic mass is 9.87. The molecule has 1 aliphatic rings. The van der Waals surface area contributed by atoms with Crippen LogP contribution in [0.15, 0.2) is 11.1 Å². The molecule has 1 saturated carbocycles. The molecule has 0 heterocycles. The molecule has 10 heavy (non-hydrogen) atoms. The molecule has 0 nitrogen and oxygen atoms in total. The Labute approximate surface area is 71.8 Å². The minimum Gasteiger partial charge on any atom is -0.0889 e. The Kier molecular flexibility index (Phi) is 3.47. The molecule has 0 atom stereocenters. The highest BCUT2D eigenvalue weighted by Gasteiger charge is 2.12. The Morgan fingerprint density at radius 1 is 1.30 bits per heavy atom. The number of hydrogen-bond acceptors (Lipinski definition) is 0. The predicted molar refractivity (Wildman–Crippen MR) is 49.3 cm³/mol. The summed E-state index contributed by atoms with van der Waals surface area (Å²) in [5.41, 5.74) is 0. The van der Waals surface area contributed by atoms with Crippen LogP contribution in [0.2, 0.25) is 0 Å². The van der Waals surface area contributed by atoms with Crippen LogP contribution in [0, 0.1) is 5.92 Å². The molecule has 1 rings (SSSR count). The van der Waals surface area contributed by atoms with Crippen molar-refractivity contribution in [3.8, 4) is 0 Å². The van der Waals surface area contributed by atoms with Gasteiger partial charge in [0.25, 0.3) is 0 Å². The summed E-state index contributed by atoms with van der Waals surface area (Å²) in [6.07, 6.45) is 8.36. The molecule has 1 heteroatoms. The third kappa shape index (κ3) is 2.87. The second-order valence-corrected chi connectivity index (χ2v) is 4.35. The summed E-state index contributed by atoms with van der Waals surface area (Å²) in [5, 5.41) is 0. The summed E-state index contributed by atoms with van der Waals surface area (Å²) >= 11 is 3.42. The highest BCUT2D eigenvalue weighted by Crippen LogP contribution is 2.29. The lowest BCUT2D eigenvalue weighted by Crippen LogP contribution is -2.05. The molecule has 0 N–H and O–H groups in total. The standard InChI is InChI=1S/C9H15Br/c1-8(10)7-9-5-3-2-4-6-9/h9H,1-7H2. The second kappa shape index (κ2) is 4.17. The average molecular weight is 203 g/mol. The van der Waals surface area contributed by atoms with Gasteiger partial charge in [0.1, 0.15) is 0 Å². The molecular weight excluding hydrogens is 188 g/mol. The van der Waals surface area contributed by atoms with Crippen LogP contribution in [-0.2, 0) is 0 Å². The maximum Gasteiger partial charge on any atom is -0.0118 e. The van der Waals surface area contributed by atoms with Crippen LogP contribution in [0.3, 0.4) is 0 Å². The molecule has 0 aromatic carbocycles. The fraction of sp³-hybridized carbons (Fsp3) is 0.778. The maximum absolute atomic E-state index is 3.87. The van der Waals surface area contributed by atoms with Gasteiger partial charge in [-0.25, -0.2) is 0 Å². The number of allylic oxidation sites excluding steroid dienone is 1. The summed E-state index contributed by atoms with van der Waals surface area (Å²) in [6.45, 7) is 3.87. The molecule has 0 saturated heterocycles. The molecule has 0 unspecified atom stereocenters. The third-order valence-corrected chi connectivity index (χ3v) is 2.56. The third-order valence-electron chi connectivity index (χ3n) is 2.23. The van der Waals surface area contributed by atoms with Gasteiger partial charge in [-0.15, -0.1) is 0 Å². The van der Waals surface area contributed by atoms with Crippen molar-refractivity contribution in [3.05, 3.63) is 11.1 Å². The van der Waals surface area contributed by atoms with Crippen LogP contribution in [0.4, 0.5) is 0 Å². The monoisotopic (exact) mass is 202 g/mol. The molecule has 58 valence electrons. The Bertz CT molecular complexity index is 112. The van der Waals surface area contributed by atoms with E-state index in [1.807, 2.05) is 0 Å². The van der Waals surface area contributed by atoms with Crippen molar-refractivity contribution in [2.75, 3.05) is 0 Å². The Morgan fingerprint density at radius 3 is 2.40 bits per heavy atom. The van der Waals surface area contributed by atoms with Crippen molar-refractivity contribution < 1.29 is 0 Å². The molecule has 0 amide bonds. The van der Waals surface area contributed by atoms with E-state index in [0.717, 1.165) is 5.92 Å². The van der Waals surface area contributed by atoms with Crippen LogP contribution < -0.4 is 0 Å². The number of rotatable bonds is 2. The first-order valence-electron chi connectivity index (χ1n) is 4.12. The van der Waals surface area contributed by atoms with Crippen molar-refractivity contribution in [2.45, 2.75) is 38.5 Å². The normalized spacial score (nSPS) is 20.9. The zero-order chi connectivity index (χ0) is 7.40. The molecule has 0 radical (unpaired) electrons. The average Bonchev–Trinajstić information content (AvgIpc) is 1.88. The van der Waals surface area contributed by atoms with Gasteiger partial charge in [-0.05, 0) is 16.8 Å². The molecule has 0 aromatic rings. The first kappa shape index (κ1) is 8.32. The first-order chi connectivity index (χ1) is 4.79. The van der Waals surface area contributed by atoms with Crippen LogP contribution >= 0.6 is 15.9 Å². The van der Waals surface area contributed by atoms with Crippen molar-refractivity contribution in [2.24, 2.45) is 5.92 Å². The van der Waals surface area contributed by atoms with Crippen LogP contribution in [0.5, 0.6) is 0 Å². The van der Waals surface area contributed by atoms with E-state index in [9.17, 15) is 0 Å². The lowest BCUT2D eigenvalue weighted by molar-refractivity contribution is 0.360. The van der Waals surface area contributed by atoms with Gasteiger partial charge >= 0.3 is 0 Å². The fourth-order valence-electron chi connectivity index (χ4n) is 1.70. The first-order valence-corrected chi connectivity index (χ1v) is 4.91. The minimum absolute atomic E-state index is 0.931. The van der Waals surface area contributed by atoms with Gasteiger partial charge in [0.15, 0.2) is 0 Å². The summed E-state index contributed by atoms with van der Waals surface area (Å²) in [6, 6.07) is 0.